The topological polar surface area (TPSA) is 72.5 Å². The maximum absolute atomic E-state index is 11.8. The zero-order valence-corrected chi connectivity index (χ0v) is 13.5. The van der Waals surface area contributed by atoms with Crippen LogP contribution in [0.15, 0.2) is 29.2 Å². The van der Waals surface area contributed by atoms with Gasteiger partial charge in [0.05, 0.1) is 23.9 Å². The van der Waals surface area contributed by atoms with E-state index in [1.165, 1.54) is 11.8 Å². The Hall–Kier alpha value is -1.21. The van der Waals surface area contributed by atoms with Crippen LogP contribution in [0.25, 0.3) is 0 Å². The Morgan fingerprint density at radius 3 is 2.67 bits per heavy atom. The van der Waals surface area contributed by atoms with E-state index in [9.17, 15) is 13.2 Å². The van der Waals surface area contributed by atoms with Crippen LogP contribution < -0.4 is 10.1 Å². The molecule has 0 spiro atoms. The second-order valence-corrected chi connectivity index (χ2v) is 8.14. The zero-order valence-electron chi connectivity index (χ0n) is 11.9. The van der Waals surface area contributed by atoms with Gasteiger partial charge in [-0.15, -0.1) is 11.8 Å². The second kappa shape index (κ2) is 7.17. The molecule has 1 heterocycles. The van der Waals surface area contributed by atoms with Crippen molar-refractivity contribution in [2.45, 2.75) is 24.3 Å². The number of hydrogen-bond donors (Lipinski definition) is 1. The van der Waals surface area contributed by atoms with Crippen LogP contribution in [0, 0.1) is 0 Å². The van der Waals surface area contributed by atoms with Crippen molar-refractivity contribution < 1.29 is 17.9 Å². The lowest BCUT2D eigenvalue weighted by Crippen LogP contribution is -2.36. The normalized spacial score (nSPS) is 20.1. The summed E-state index contributed by atoms with van der Waals surface area (Å²) in [6.07, 6.45) is 0.516. The Balaban J connectivity index is 1.76. The highest BCUT2D eigenvalue weighted by molar-refractivity contribution is 8.00. The van der Waals surface area contributed by atoms with E-state index < -0.39 is 9.84 Å². The highest BCUT2D eigenvalue weighted by Crippen LogP contribution is 2.21. The molecule has 0 saturated carbocycles. The molecule has 7 heteroatoms. The number of rotatable bonds is 6. The second-order valence-electron chi connectivity index (χ2n) is 4.86. The van der Waals surface area contributed by atoms with Gasteiger partial charge in [-0.05, 0) is 37.6 Å². The van der Waals surface area contributed by atoms with Gasteiger partial charge in [0.25, 0.3) is 0 Å². The Morgan fingerprint density at radius 2 is 2.10 bits per heavy atom. The van der Waals surface area contributed by atoms with Crippen LogP contribution in [0.5, 0.6) is 5.75 Å². The fraction of sp³-hybridized carbons (Fsp3) is 0.500. The van der Waals surface area contributed by atoms with Crippen LogP contribution in [-0.2, 0) is 14.6 Å². The Morgan fingerprint density at radius 1 is 1.38 bits per heavy atom. The summed E-state index contributed by atoms with van der Waals surface area (Å²) < 4.78 is 28.0. The molecule has 0 radical (unpaired) electrons. The highest BCUT2D eigenvalue weighted by atomic mass is 32.2. The van der Waals surface area contributed by atoms with Crippen molar-refractivity contribution in [3.05, 3.63) is 24.3 Å². The molecule has 1 aliphatic rings. The van der Waals surface area contributed by atoms with E-state index in [0.717, 1.165) is 10.6 Å². The molecule has 2 rings (SSSR count). The van der Waals surface area contributed by atoms with E-state index in [0.29, 0.717) is 13.0 Å². The predicted molar refractivity (Wildman–Crippen MR) is 83.5 cm³/mol. The van der Waals surface area contributed by atoms with E-state index in [2.05, 4.69) is 5.32 Å². The van der Waals surface area contributed by atoms with Gasteiger partial charge in [-0.25, -0.2) is 8.42 Å². The van der Waals surface area contributed by atoms with Crippen LogP contribution in [0.1, 0.15) is 13.3 Å². The summed E-state index contributed by atoms with van der Waals surface area (Å²) in [5.74, 6) is 1.19. The number of hydrogen-bond acceptors (Lipinski definition) is 5. The first-order chi connectivity index (χ1) is 9.98. The largest absolute Gasteiger partial charge is 0.494 e. The molecule has 1 aromatic carbocycles. The van der Waals surface area contributed by atoms with Gasteiger partial charge in [-0.3, -0.25) is 4.79 Å². The minimum atomic E-state index is -2.95. The van der Waals surface area contributed by atoms with E-state index in [1.54, 1.807) is 0 Å². The first kappa shape index (κ1) is 16.2. The first-order valence-electron chi connectivity index (χ1n) is 6.84. The quantitative estimate of drug-likeness (QED) is 0.801. The lowest BCUT2D eigenvalue weighted by Gasteiger charge is -2.10. The van der Waals surface area contributed by atoms with Gasteiger partial charge in [0.2, 0.25) is 5.91 Å². The molecule has 1 saturated heterocycles. The van der Waals surface area contributed by atoms with Crippen molar-refractivity contribution in [3.63, 3.8) is 0 Å². The maximum Gasteiger partial charge on any atom is 0.230 e. The lowest BCUT2D eigenvalue weighted by molar-refractivity contribution is -0.119. The Bertz CT molecular complexity index is 583. The summed E-state index contributed by atoms with van der Waals surface area (Å²) in [5, 5.41) is 2.77. The summed E-state index contributed by atoms with van der Waals surface area (Å²) >= 11 is 1.42. The Kier molecular flexibility index (Phi) is 5.52. The van der Waals surface area contributed by atoms with Gasteiger partial charge < -0.3 is 10.1 Å². The molecular weight excluding hydrogens is 310 g/mol. The smallest absolute Gasteiger partial charge is 0.230 e. The first-order valence-corrected chi connectivity index (χ1v) is 9.64. The van der Waals surface area contributed by atoms with Crippen molar-refractivity contribution in [3.8, 4) is 5.75 Å². The molecule has 0 bridgehead atoms. The minimum absolute atomic E-state index is 0.0620. The van der Waals surface area contributed by atoms with Crippen LogP contribution >= 0.6 is 11.8 Å². The number of benzene rings is 1. The third-order valence-electron chi connectivity index (χ3n) is 3.10. The molecule has 1 amide bonds. The van der Waals surface area contributed by atoms with Gasteiger partial charge in [-0.2, -0.15) is 0 Å². The fourth-order valence-electron chi connectivity index (χ4n) is 2.13. The van der Waals surface area contributed by atoms with Crippen LogP contribution in [-0.4, -0.2) is 44.2 Å². The summed E-state index contributed by atoms with van der Waals surface area (Å²) in [5.41, 5.74) is 0. The molecule has 5 nitrogen and oxygen atoms in total. The number of ether oxygens (including phenoxy) is 1. The third-order valence-corrected chi connectivity index (χ3v) is 5.88. The number of sulfone groups is 1. The molecule has 1 atom stereocenters. The van der Waals surface area contributed by atoms with Crippen molar-refractivity contribution >= 4 is 27.5 Å². The Labute approximate surface area is 129 Å². The summed E-state index contributed by atoms with van der Waals surface area (Å²) in [7, 11) is -2.95. The number of carbonyl (C=O) groups is 1. The molecule has 1 aromatic rings. The van der Waals surface area contributed by atoms with Crippen molar-refractivity contribution in [1.82, 2.24) is 5.32 Å². The number of thioether (sulfide) groups is 1. The lowest BCUT2D eigenvalue weighted by atomic mass is 10.3. The highest BCUT2D eigenvalue weighted by Gasteiger charge is 2.28. The summed E-state index contributed by atoms with van der Waals surface area (Å²) in [6.45, 7) is 2.55. The molecule has 1 N–H and O–H groups in total. The van der Waals surface area contributed by atoms with Gasteiger partial charge in [0.1, 0.15) is 5.75 Å². The number of amides is 1. The van der Waals surface area contributed by atoms with Crippen LogP contribution in [0.4, 0.5) is 0 Å². The molecule has 0 aromatic heterocycles. The molecule has 21 heavy (non-hydrogen) atoms. The predicted octanol–water partition coefficient (Wildman–Crippen LogP) is 1.48. The van der Waals surface area contributed by atoms with Crippen molar-refractivity contribution in [1.29, 1.82) is 0 Å². The molecular formula is C14H19NO4S2. The third kappa shape index (κ3) is 5.24. The molecule has 116 valence electrons. The van der Waals surface area contributed by atoms with Gasteiger partial charge in [0.15, 0.2) is 9.84 Å². The van der Waals surface area contributed by atoms with Crippen LogP contribution in [0.3, 0.4) is 0 Å². The SMILES string of the molecule is CCOc1ccc(SCC(=O)N[C@@H]2CCS(=O)(=O)C2)cc1. The number of nitrogens with one attached hydrogen (secondary N) is 1. The van der Waals surface area contributed by atoms with E-state index in [1.807, 2.05) is 31.2 Å². The number of carbonyl (C=O) groups excluding carboxylic acids is 1. The standard InChI is InChI=1S/C14H19NO4S2/c1-2-19-12-3-5-13(6-4-12)20-9-14(16)15-11-7-8-21(17,18)10-11/h3-6,11H,2,7-10H2,1H3,(H,15,16)/t11-/m1/s1. The molecule has 0 unspecified atom stereocenters. The van der Waals surface area contributed by atoms with E-state index >= 15 is 0 Å². The van der Waals surface area contributed by atoms with Crippen LogP contribution in [0.2, 0.25) is 0 Å². The van der Waals surface area contributed by atoms with Gasteiger partial charge in [0, 0.05) is 10.9 Å². The van der Waals surface area contributed by atoms with Gasteiger partial charge >= 0.3 is 0 Å². The average Bonchev–Trinajstić information content (AvgIpc) is 2.77. The monoisotopic (exact) mass is 329 g/mol. The van der Waals surface area contributed by atoms with E-state index in [-0.39, 0.29) is 29.2 Å². The van der Waals surface area contributed by atoms with E-state index in [4.69, 9.17) is 4.74 Å². The zero-order chi connectivity index (χ0) is 15.3. The molecule has 1 fully saturated rings. The fourth-order valence-corrected chi connectivity index (χ4v) is 4.51. The van der Waals surface area contributed by atoms with Crippen molar-refractivity contribution in [2.75, 3.05) is 23.9 Å². The van der Waals surface area contributed by atoms with Crippen molar-refractivity contribution in [2.24, 2.45) is 0 Å². The molecule has 1 aliphatic heterocycles. The summed E-state index contributed by atoms with van der Waals surface area (Å²) in [6, 6.07) is 7.32. The maximum atomic E-state index is 11.8. The summed E-state index contributed by atoms with van der Waals surface area (Å²) in [4.78, 5) is 12.8. The van der Waals surface area contributed by atoms with Gasteiger partial charge in [-0.1, -0.05) is 0 Å². The average molecular weight is 329 g/mol. The minimum Gasteiger partial charge on any atom is -0.494 e. The molecule has 0 aliphatic carbocycles.